The topological polar surface area (TPSA) is 41.1 Å². The van der Waals surface area contributed by atoms with Crippen molar-refractivity contribution in [2.45, 2.75) is 32.4 Å². The summed E-state index contributed by atoms with van der Waals surface area (Å²) in [4.78, 5) is 13.2. The van der Waals surface area contributed by atoms with Gasteiger partial charge >= 0.3 is 0 Å². The summed E-state index contributed by atoms with van der Waals surface area (Å²) in [5.41, 5.74) is 0. The van der Waals surface area contributed by atoms with Crippen LogP contribution in [0.1, 0.15) is 24.6 Å². The summed E-state index contributed by atoms with van der Waals surface area (Å²) in [6.45, 7) is 3.71. The van der Waals surface area contributed by atoms with Gasteiger partial charge in [0.1, 0.15) is 0 Å². The number of piperidine rings is 1. The lowest BCUT2D eigenvalue weighted by atomic mass is 9.92. The Morgan fingerprint density at radius 3 is 3.18 bits per heavy atom. The van der Waals surface area contributed by atoms with Crippen molar-refractivity contribution in [2.75, 3.05) is 6.54 Å². The molecule has 0 saturated carbocycles. The van der Waals surface area contributed by atoms with Crippen LogP contribution in [0, 0.1) is 5.92 Å². The van der Waals surface area contributed by atoms with Gasteiger partial charge in [-0.05, 0) is 53.7 Å². The maximum atomic E-state index is 12.0. The highest BCUT2D eigenvalue weighted by molar-refractivity contribution is 9.10. The zero-order valence-corrected chi connectivity index (χ0v) is 12.2. The van der Waals surface area contributed by atoms with Gasteiger partial charge in [0, 0.05) is 21.3 Å². The second-order valence-corrected chi connectivity index (χ2v) is 6.34. The number of rotatable bonds is 3. The smallest absolute Gasteiger partial charge is 0.223 e. The molecule has 0 radical (unpaired) electrons. The van der Waals surface area contributed by atoms with Gasteiger partial charge in [-0.1, -0.05) is 0 Å². The van der Waals surface area contributed by atoms with Gasteiger partial charge in [0.25, 0.3) is 0 Å². The molecule has 2 rings (SSSR count). The van der Waals surface area contributed by atoms with Gasteiger partial charge in [-0.15, -0.1) is 11.3 Å². The fourth-order valence-electron chi connectivity index (χ4n) is 2.13. The molecule has 0 bridgehead atoms. The Kier molecular flexibility index (Phi) is 4.59. The lowest BCUT2D eigenvalue weighted by molar-refractivity contribution is -0.126. The van der Waals surface area contributed by atoms with Crippen LogP contribution < -0.4 is 10.6 Å². The fourth-order valence-corrected chi connectivity index (χ4v) is 3.57. The third kappa shape index (κ3) is 3.53. The molecular formula is C12H17BrN2OS. The van der Waals surface area contributed by atoms with E-state index in [9.17, 15) is 4.79 Å². The van der Waals surface area contributed by atoms with Crippen LogP contribution in [0.25, 0.3) is 0 Å². The first kappa shape index (κ1) is 13.1. The highest BCUT2D eigenvalue weighted by atomic mass is 79.9. The van der Waals surface area contributed by atoms with Crippen LogP contribution in [0.3, 0.4) is 0 Å². The molecule has 1 fully saturated rings. The first-order valence-corrected chi connectivity index (χ1v) is 7.57. The van der Waals surface area contributed by atoms with Gasteiger partial charge in [-0.3, -0.25) is 4.79 Å². The quantitative estimate of drug-likeness (QED) is 0.899. The molecule has 2 N–H and O–H groups in total. The van der Waals surface area contributed by atoms with Crippen molar-refractivity contribution < 1.29 is 4.79 Å². The Hall–Kier alpha value is -0.390. The molecule has 1 aliphatic heterocycles. The Morgan fingerprint density at radius 1 is 1.71 bits per heavy atom. The van der Waals surface area contributed by atoms with E-state index in [1.165, 1.54) is 4.88 Å². The van der Waals surface area contributed by atoms with Crippen LogP contribution in [0.5, 0.6) is 0 Å². The molecule has 1 aromatic heterocycles. The molecule has 2 atom stereocenters. The summed E-state index contributed by atoms with van der Waals surface area (Å²) in [6, 6.07) is 2.46. The molecule has 1 saturated heterocycles. The minimum absolute atomic E-state index is 0.171. The number of amides is 1. The predicted molar refractivity (Wildman–Crippen MR) is 74.1 cm³/mol. The number of carbonyl (C=O) groups excluding carboxylic acids is 1. The molecule has 2 unspecified atom stereocenters. The van der Waals surface area contributed by atoms with Crippen LogP contribution in [0.4, 0.5) is 0 Å². The molecule has 0 aromatic carbocycles. The summed E-state index contributed by atoms with van der Waals surface area (Å²) < 4.78 is 1.08. The summed E-state index contributed by atoms with van der Waals surface area (Å²) in [7, 11) is 0. The van der Waals surface area contributed by atoms with E-state index in [2.05, 4.69) is 33.5 Å². The van der Waals surface area contributed by atoms with E-state index in [0.717, 1.165) is 23.9 Å². The van der Waals surface area contributed by atoms with E-state index in [0.29, 0.717) is 12.6 Å². The van der Waals surface area contributed by atoms with Crippen molar-refractivity contribution in [1.82, 2.24) is 10.6 Å². The zero-order chi connectivity index (χ0) is 12.3. The monoisotopic (exact) mass is 316 g/mol. The average molecular weight is 317 g/mol. The Bertz CT molecular complexity index is 394. The van der Waals surface area contributed by atoms with Gasteiger partial charge in [0.15, 0.2) is 0 Å². The van der Waals surface area contributed by atoms with Crippen molar-refractivity contribution in [3.8, 4) is 0 Å². The minimum Gasteiger partial charge on any atom is -0.351 e. The maximum Gasteiger partial charge on any atom is 0.223 e. The largest absolute Gasteiger partial charge is 0.351 e. The lowest BCUT2D eigenvalue weighted by Crippen LogP contribution is -2.42. The molecule has 17 heavy (non-hydrogen) atoms. The molecular weight excluding hydrogens is 300 g/mol. The molecule has 1 aromatic rings. The minimum atomic E-state index is 0.171. The van der Waals surface area contributed by atoms with Crippen molar-refractivity contribution in [3.63, 3.8) is 0 Å². The van der Waals surface area contributed by atoms with Gasteiger partial charge in [-0.25, -0.2) is 0 Å². The Labute approximate surface area is 114 Å². The maximum absolute atomic E-state index is 12.0. The van der Waals surface area contributed by atoms with E-state index >= 15 is 0 Å². The Balaban J connectivity index is 1.83. The molecule has 0 aliphatic carbocycles. The zero-order valence-electron chi connectivity index (χ0n) is 9.83. The van der Waals surface area contributed by atoms with E-state index in [1.807, 2.05) is 11.4 Å². The number of carbonyl (C=O) groups is 1. The molecule has 1 aliphatic rings. The van der Waals surface area contributed by atoms with E-state index in [4.69, 9.17) is 0 Å². The van der Waals surface area contributed by atoms with E-state index in [1.54, 1.807) is 11.3 Å². The molecule has 3 nitrogen and oxygen atoms in total. The second-order valence-electron chi connectivity index (χ2n) is 4.49. The normalized spacial score (nSPS) is 24.6. The summed E-state index contributed by atoms with van der Waals surface area (Å²) in [6.07, 6.45) is 1.89. The average Bonchev–Trinajstić information content (AvgIpc) is 2.72. The highest BCUT2D eigenvalue weighted by Gasteiger charge is 2.24. The summed E-state index contributed by atoms with van der Waals surface area (Å²) >= 11 is 5.14. The third-order valence-corrected chi connectivity index (χ3v) is 5.04. The lowest BCUT2D eigenvalue weighted by Gasteiger charge is -2.27. The number of hydrogen-bond acceptors (Lipinski definition) is 3. The van der Waals surface area contributed by atoms with Crippen LogP contribution in [0.2, 0.25) is 0 Å². The molecule has 1 amide bonds. The van der Waals surface area contributed by atoms with Crippen LogP contribution >= 0.6 is 27.3 Å². The number of thiophene rings is 1. The highest BCUT2D eigenvalue weighted by Crippen LogP contribution is 2.23. The van der Waals surface area contributed by atoms with E-state index in [-0.39, 0.29) is 11.8 Å². The van der Waals surface area contributed by atoms with Gasteiger partial charge < -0.3 is 10.6 Å². The summed E-state index contributed by atoms with van der Waals surface area (Å²) in [5.74, 6) is 0.364. The standard InChI is InChI=1S/C12H17BrN2OS/c1-8-6-9(2-4-14-8)12(16)15-7-11-10(13)3-5-17-11/h3,5,8-9,14H,2,4,6-7H2,1H3,(H,15,16). The van der Waals surface area contributed by atoms with Crippen LogP contribution in [-0.2, 0) is 11.3 Å². The SMILES string of the molecule is CC1CC(C(=O)NCc2sccc2Br)CCN1. The molecule has 5 heteroatoms. The number of nitrogens with one attached hydrogen (secondary N) is 2. The Morgan fingerprint density at radius 2 is 2.53 bits per heavy atom. The molecule has 2 heterocycles. The number of halogens is 1. The van der Waals surface area contributed by atoms with Crippen molar-refractivity contribution in [1.29, 1.82) is 0 Å². The molecule has 94 valence electrons. The second kappa shape index (κ2) is 5.98. The van der Waals surface area contributed by atoms with Crippen molar-refractivity contribution >= 4 is 33.2 Å². The van der Waals surface area contributed by atoms with Crippen LogP contribution in [-0.4, -0.2) is 18.5 Å². The molecule has 0 spiro atoms. The fraction of sp³-hybridized carbons (Fsp3) is 0.583. The predicted octanol–water partition coefficient (Wildman–Crippen LogP) is 2.51. The van der Waals surface area contributed by atoms with Crippen molar-refractivity contribution in [3.05, 3.63) is 20.8 Å². The van der Waals surface area contributed by atoms with Crippen LogP contribution in [0.15, 0.2) is 15.9 Å². The first-order valence-electron chi connectivity index (χ1n) is 5.90. The van der Waals surface area contributed by atoms with Gasteiger partial charge in [0.05, 0.1) is 6.54 Å². The van der Waals surface area contributed by atoms with Crippen molar-refractivity contribution in [2.24, 2.45) is 5.92 Å². The van der Waals surface area contributed by atoms with Gasteiger partial charge in [0.2, 0.25) is 5.91 Å². The third-order valence-electron chi connectivity index (χ3n) is 3.11. The first-order chi connectivity index (χ1) is 8.16. The number of hydrogen-bond donors (Lipinski definition) is 2. The summed E-state index contributed by atoms with van der Waals surface area (Å²) in [5, 5.41) is 8.42. The van der Waals surface area contributed by atoms with Gasteiger partial charge in [-0.2, -0.15) is 0 Å². The van der Waals surface area contributed by atoms with E-state index < -0.39 is 0 Å².